The molecule has 1 aromatic rings. The highest BCUT2D eigenvalue weighted by Crippen LogP contribution is 2.26. The highest BCUT2D eigenvalue weighted by molar-refractivity contribution is 5.37. The third-order valence-electron chi connectivity index (χ3n) is 5.11. The van der Waals surface area contributed by atoms with Crippen molar-refractivity contribution < 1.29 is 0 Å². The predicted octanol–water partition coefficient (Wildman–Crippen LogP) is 3.49. The summed E-state index contributed by atoms with van der Waals surface area (Å²) in [6.45, 7) is 6.86. The van der Waals surface area contributed by atoms with Crippen LogP contribution in [0.4, 0.5) is 0 Å². The smallest absolute Gasteiger partial charge is 0.0239 e. The second kappa shape index (κ2) is 6.73. The van der Waals surface area contributed by atoms with Crippen LogP contribution in [0.15, 0.2) is 18.2 Å². The van der Waals surface area contributed by atoms with E-state index in [0.717, 1.165) is 25.7 Å². The van der Waals surface area contributed by atoms with Crippen LogP contribution in [0.3, 0.4) is 0 Å². The van der Waals surface area contributed by atoms with E-state index in [0.29, 0.717) is 0 Å². The molecule has 0 aromatic heterocycles. The first-order valence-electron chi connectivity index (χ1n) is 8.43. The van der Waals surface area contributed by atoms with Crippen LogP contribution in [0.25, 0.3) is 0 Å². The van der Waals surface area contributed by atoms with Gasteiger partial charge in [0.25, 0.3) is 0 Å². The van der Waals surface area contributed by atoms with Crippen LogP contribution in [-0.2, 0) is 19.5 Å². The van der Waals surface area contributed by atoms with Gasteiger partial charge in [0, 0.05) is 19.1 Å². The maximum Gasteiger partial charge on any atom is 0.0239 e. The van der Waals surface area contributed by atoms with E-state index in [4.69, 9.17) is 0 Å². The fourth-order valence-corrected chi connectivity index (χ4v) is 3.92. The zero-order valence-corrected chi connectivity index (χ0v) is 12.8. The lowest BCUT2D eigenvalue weighted by Gasteiger charge is -2.34. The molecule has 1 aliphatic heterocycles. The van der Waals surface area contributed by atoms with Gasteiger partial charge in [0.2, 0.25) is 0 Å². The molecule has 3 rings (SSSR count). The average Bonchev–Trinajstić information content (AvgIpc) is 2.53. The Morgan fingerprint density at radius 2 is 2.05 bits per heavy atom. The second-order valence-corrected chi connectivity index (χ2v) is 6.34. The van der Waals surface area contributed by atoms with Crippen LogP contribution in [-0.4, -0.2) is 24.0 Å². The van der Waals surface area contributed by atoms with E-state index in [1.54, 1.807) is 11.1 Å². The van der Waals surface area contributed by atoms with Crippen molar-refractivity contribution in [1.82, 2.24) is 10.2 Å². The number of benzene rings is 1. The molecule has 0 unspecified atom stereocenters. The molecule has 0 bridgehead atoms. The van der Waals surface area contributed by atoms with E-state index in [1.807, 2.05) is 0 Å². The fraction of sp³-hybridized carbons (Fsp3) is 0.667. The lowest BCUT2D eigenvalue weighted by molar-refractivity contribution is 0.155. The van der Waals surface area contributed by atoms with Crippen LogP contribution in [0.2, 0.25) is 0 Å². The number of nitrogens with zero attached hydrogens (tertiary/aromatic N) is 1. The Morgan fingerprint density at radius 3 is 2.85 bits per heavy atom. The zero-order chi connectivity index (χ0) is 13.8. The lowest BCUT2D eigenvalue weighted by Crippen LogP contribution is -2.36. The third kappa shape index (κ3) is 3.07. The molecule has 1 fully saturated rings. The van der Waals surface area contributed by atoms with Crippen LogP contribution in [0.1, 0.15) is 55.7 Å². The molecule has 1 N–H and O–H groups in total. The lowest BCUT2D eigenvalue weighted by atomic mass is 9.92. The van der Waals surface area contributed by atoms with Crippen LogP contribution in [0.5, 0.6) is 0 Å². The van der Waals surface area contributed by atoms with Crippen molar-refractivity contribution >= 4 is 0 Å². The second-order valence-electron chi connectivity index (χ2n) is 6.34. The van der Waals surface area contributed by atoms with Crippen molar-refractivity contribution in [3.63, 3.8) is 0 Å². The molecule has 0 saturated heterocycles. The average molecular weight is 272 g/mol. The summed E-state index contributed by atoms with van der Waals surface area (Å²) in [6, 6.07) is 7.72. The van der Waals surface area contributed by atoms with Crippen molar-refractivity contribution in [3.8, 4) is 0 Å². The minimum absolute atomic E-state index is 0.825. The predicted molar refractivity (Wildman–Crippen MR) is 84.8 cm³/mol. The molecule has 0 radical (unpaired) electrons. The molecule has 0 amide bonds. The molecule has 0 atom stereocenters. The van der Waals surface area contributed by atoms with Crippen molar-refractivity contribution in [2.24, 2.45) is 0 Å². The molecule has 110 valence electrons. The highest BCUT2D eigenvalue weighted by Gasteiger charge is 2.21. The Kier molecular flexibility index (Phi) is 4.74. The molecule has 1 saturated carbocycles. The van der Waals surface area contributed by atoms with Crippen molar-refractivity contribution in [2.75, 3.05) is 13.1 Å². The number of fused-ring (bicyclic) bond motifs is 1. The Morgan fingerprint density at radius 1 is 1.20 bits per heavy atom. The topological polar surface area (TPSA) is 15.3 Å². The normalized spacial score (nSPS) is 20.1. The van der Waals surface area contributed by atoms with Gasteiger partial charge in [-0.05, 0) is 49.0 Å². The first-order chi connectivity index (χ1) is 9.88. The minimum Gasteiger partial charge on any atom is -0.312 e. The van der Waals surface area contributed by atoms with Gasteiger partial charge < -0.3 is 5.32 Å². The van der Waals surface area contributed by atoms with Crippen LogP contribution in [0, 0.1) is 0 Å². The van der Waals surface area contributed by atoms with Gasteiger partial charge in [-0.15, -0.1) is 0 Å². The van der Waals surface area contributed by atoms with Crippen LogP contribution < -0.4 is 5.32 Å². The van der Waals surface area contributed by atoms with E-state index >= 15 is 0 Å². The van der Waals surface area contributed by atoms with Gasteiger partial charge in [-0.1, -0.05) is 44.4 Å². The summed E-state index contributed by atoms with van der Waals surface area (Å²) in [5.41, 5.74) is 4.73. The zero-order valence-electron chi connectivity index (χ0n) is 12.8. The van der Waals surface area contributed by atoms with Gasteiger partial charge in [0.15, 0.2) is 0 Å². The maximum absolute atomic E-state index is 3.49. The van der Waals surface area contributed by atoms with E-state index in [9.17, 15) is 0 Å². The Bertz CT molecular complexity index is 435. The standard InChI is InChI=1S/C18H28N2/c1-2-20(17-9-4-3-5-10-17)14-16-8-6-7-15-13-19-12-11-18(15)16/h6-8,17,19H,2-5,9-14H2,1H3. The van der Waals surface area contributed by atoms with Crippen molar-refractivity contribution in [1.29, 1.82) is 0 Å². The molecule has 20 heavy (non-hydrogen) atoms. The van der Waals surface area contributed by atoms with Crippen LogP contribution >= 0.6 is 0 Å². The molecule has 2 aliphatic rings. The molecule has 1 heterocycles. The summed E-state index contributed by atoms with van der Waals surface area (Å²) in [5.74, 6) is 0. The molecule has 2 heteroatoms. The van der Waals surface area contributed by atoms with E-state index < -0.39 is 0 Å². The molecular formula is C18H28N2. The Labute approximate surface area is 123 Å². The Hall–Kier alpha value is -0.860. The monoisotopic (exact) mass is 272 g/mol. The van der Waals surface area contributed by atoms with E-state index in [1.165, 1.54) is 50.6 Å². The number of rotatable bonds is 4. The maximum atomic E-state index is 3.49. The van der Waals surface area contributed by atoms with Gasteiger partial charge in [0.05, 0.1) is 0 Å². The van der Waals surface area contributed by atoms with Gasteiger partial charge in [-0.3, -0.25) is 4.90 Å². The molecule has 2 nitrogen and oxygen atoms in total. The molecule has 1 aromatic carbocycles. The summed E-state index contributed by atoms with van der Waals surface area (Å²) in [7, 11) is 0. The summed E-state index contributed by atoms with van der Waals surface area (Å²) >= 11 is 0. The summed E-state index contributed by atoms with van der Waals surface area (Å²) in [5, 5.41) is 3.49. The van der Waals surface area contributed by atoms with E-state index in [-0.39, 0.29) is 0 Å². The SMILES string of the molecule is CCN(Cc1cccc2c1CCNC2)C1CCCCC1. The minimum atomic E-state index is 0.825. The summed E-state index contributed by atoms with van der Waals surface area (Å²) < 4.78 is 0. The van der Waals surface area contributed by atoms with Gasteiger partial charge in [0.1, 0.15) is 0 Å². The highest BCUT2D eigenvalue weighted by atomic mass is 15.1. The number of hydrogen-bond acceptors (Lipinski definition) is 2. The first kappa shape index (κ1) is 14.1. The van der Waals surface area contributed by atoms with Gasteiger partial charge in [-0.2, -0.15) is 0 Å². The first-order valence-corrected chi connectivity index (χ1v) is 8.43. The Balaban J connectivity index is 1.75. The quantitative estimate of drug-likeness (QED) is 0.902. The fourth-order valence-electron chi connectivity index (χ4n) is 3.92. The largest absolute Gasteiger partial charge is 0.312 e. The summed E-state index contributed by atoms with van der Waals surface area (Å²) in [4.78, 5) is 2.72. The molecular weight excluding hydrogens is 244 g/mol. The third-order valence-corrected chi connectivity index (χ3v) is 5.11. The number of nitrogens with one attached hydrogen (secondary N) is 1. The molecule has 0 spiro atoms. The summed E-state index contributed by atoms with van der Waals surface area (Å²) in [6.07, 6.45) is 8.32. The van der Waals surface area contributed by atoms with Crippen molar-refractivity contribution in [2.45, 2.75) is 64.6 Å². The van der Waals surface area contributed by atoms with E-state index in [2.05, 4.69) is 35.3 Å². The number of hydrogen-bond donors (Lipinski definition) is 1. The van der Waals surface area contributed by atoms with Gasteiger partial charge in [-0.25, -0.2) is 0 Å². The molecule has 1 aliphatic carbocycles. The van der Waals surface area contributed by atoms with Gasteiger partial charge >= 0.3 is 0 Å². The van der Waals surface area contributed by atoms with Crippen molar-refractivity contribution in [3.05, 3.63) is 34.9 Å².